The van der Waals surface area contributed by atoms with E-state index in [2.05, 4.69) is 6.92 Å². The molecule has 1 fully saturated rings. The summed E-state index contributed by atoms with van der Waals surface area (Å²) >= 11 is 1.95. The molecule has 1 aliphatic rings. The highest BCUT2D eigenvalue weighted by atomic mass is 32.2. The van der Waals surface area contributed by atoms with E-state index in [0.29, 0.717) is 24.3 Å². The Morgan fingerprint density at radius 1 is 1.56 bits per heavy atom. The first kappa shape index (κ1) is 13.8. The second-order valence-electron chi connectivity index (χ2n) is 4.74. The number of amides is 1. The van der Waals surface area contributed by atoms with E-state index in [0.717, 1.165) is 31.6 Å². The predicted molar refractivity (Wildman–Crippen MR) is 70.6 cm³/mol. The molecule has 94 valence electrons. The van der Waals surface area contributed by atoms with Crippen LogP contribution in [0.3, 0.4) is 0 Å². The molecule has 0 saturated carbocycles. The van der Waals surface area contributed by atoms with Gasteiger partial charge in [0.2, 0.25) is 5.91 Å². The lowest BCUT2D eigenvalue weighted by molar-refractivity contribution is -0.131. The molecule has 2 N–H and O–H groups in total. The molecule has 0 bridgehead atoms. The van der Waals surface area contributed by atoms with E-state index in [9.17, 15) is 4.79 Å². The van der Waals surface area contributed by atoms with Gasteiger partial charge >= 0.3 is 0 Å². The van der Waals surface area contributed by atoms with Gasteiger partial charge in [0.1, 0.15) is 0 Å². The average molecular weight is 244 g/mol. The normalized spacial score (nSPS) is 22.1. The maximum Gasteiger partial charge on any atom is 0.222 e. The van der Waals surface area contributed by atoms with Crippen LogP contribution in [0.5, 0.6) is 0 Å². The van der Waals surface area contributed by atoms with Crippen LogP contribution >= 0.6 is 11.8 Å². The molecular formula is C12H24N2OS. The number of carbonyl (C=O) groups is 1. The van der Waals surface area contributed by atoms with Crippen molar-refractivity contribution in [1.82, 2.24) is 4.90 Å². The molecular weight excluding hydrogens is 220 g/mol. The Labute approximate surface area is 103 Å². The number of hydrogen-bond acceptors (Lipinski definition) is 3. The summed E-state index contributed by atoms with van der Waals surface area (Å²) in [7, 11) is 1.95. The predicted octanol–water partition coefficient (Wildman–Crippen LogP) is 1.72. The van der Waals surface area contributed by atoms with E-state index in [4.69, 9.17) is 5.73 Å². The van der Waals surface area contributed by atoms with Crippen LogP contribution in [-0.2, 0) is 4.79 Å². The Hall–Kier alpha value is -0.220. The minimum absolute atomic E-state index is 0.302. The number of rotatable bonds is 6. The minimum atomic E-state index is 0.302. The highest BCUT2D eigenvalue weighted by molar-refractivity contribution is 7.99. The van der Waals surface area contributed by atoms with Crippen LogP contribution in [0.1, 0.15) is 32.6 Å². The molecule has 1 aliphatic heterocycles. The summed E-state index contributed by atoms with van der Waals surface area (Å²) < 4.78 is 0. The second-order valence-corrected chi connectivity index (χ2v) is 5.89. The third-order valence-electron chi connectivity index (χ3n) is 3.36. The van der Waals surface area contributed by atoms with Gasteiger partial charge < -0.3 is 10.6 Å². The Bertz CT molecular complexity index is 217. The van der Waals surface area contributed by atoms with E-state index in [1.54, 1.807) is 0 Å². The van der Waals surface area contributed by atoms with Gasteiger partial charge in [-0.1, -0.05) is 6.92 Å². The van der Waals surface area contributed by atoms with Crippen molar-refractivity contribution in [3.63, 3.8) is 0 Å². The molecule has 0 radical (unpaired) electrons. The largest absolute Gasteiger partial charge is 0.342 e. The molecule has 0 spiro atoms. The summed E-state index contributed by atoms with van der Waals surface area (Å²) in [6.45, 7) is 2.90. The zero-order chi connectivity index (χ0) is 12.0. The van der Waals surface area contributed by atoms with Gasteiger partial charge in [-0.2, -0.15) is 11.8 Å². The van der Waals surface area contributed by atoms with Gasteiger partial charge in [0.15, 0.2) is 0 Å². The Morgan fingerprint density at radius 2 is 2.31 bits per heavy atom. The van der Waals surface area contributed by atoms with E-state index in [1.807, 2.05) is 23.7 Å². The summed E-state index contributed by atoms with van der Waals surface area (Å²) in [5.74, 6) is 3.18. The lowest BCUT2D eigenvalue weighted by Crippen LogP contribution is -2.37. The lowest BCUT2D eigenvalue weighted by Gasteiger charge is -2.24. The van der Waals surface area contributed by atoms with Crippen molar-refractivity contribution >= 4 is 17.7 Å². The van der Waals surface area contributed by atoms with Crippen molar-refractivity contribution < 1.29 is 4.79 Å². The zero-order valence-corrected chi connectivity index (χ0v) is 11.3. The van der Waals surface area contributed by atoms with Gasteiger partial charge in [-0.15, -0.1) is 0 Å². The molecule has 1 amide bonds. The fourth-order valence-corrected chi connectivity index (χ4v) is 3.27. The SMILES string of the molecule is CC(CCN)CCC(=O)N(C)C1CCSC1. The third kappa shape index (κ3) is 4.34. The molecule has 16 heavy (non-hydrogen) atoms. The monoisotopic (exact) mass is 244 g/mol. The number of nitrogens with two attached hydrogens (primary N) is 1. The van der Waals surface area contributed by atoms with Crippen LogP contribution < -0.4 is 5.73 Å². The summed E-state index contributed by atoms with van der Waals surface area (Å²) in [6.07, 6.45) is 3.83. The van der Waals surface area contributed by atoms with Crippen LogP contribution in [0.2, 0.25) is 0 Å². The van der Waals surface area contributed by atoms with Crippen molar-refractivity contribution in [2.45, 2.75) is 38.6 Å². The van der Waals surface area contributed by atoms with Crippen LogP contribution in [-0.4, -0.2) is 41.9 Å². The molecule has 1 saturated heterocycles. The number of nitrogens with zero attached hydrogens (tertiary/aromatic N) is 1. The molecule has 0 aromatic heterocycles. The van der Waals surface area contributed by atoms with Crippen molar-refractivity contribution in [1.29, 1.82) is 0 Å². The molecule has 1 rings (SSSR count). The zero-order valence-electron chi connectivity index (χ0n) is 10.4. The first-order chi connectivity index (χ1) is 7.65. The Balaban J connectivity index is 2.23. The maximum atomic E-state index is 11.9. The Kier molecular flexibility index (Phi) is 6.21. The highest BCUT2D eigenvalue weighted by Crippen LogP contribution is 2.22. The smallest absolute Gasteiger partial charge is 0.222 e. The van der Waals surface area contributed by atoms with Gasteiger partial charge in [-0.25, -0.2) is 0 Å². The summed E-state index contributed by atoms with van der Waals surface area (Å²) in [5.41, 5.74) is 5.50. The van der Waals surface area contributed by atoms with Crippen molar-refractivity contribution in [2.75, 3.05) is 25.1 Å². The number of thioether (sulfide) groups is 1. The van der Waals surface area contributed by atoms with E-state index in [-0.39, 0.29) is 0 Å². The van der Waals surface area contributed by atoms with Crippen LogP contribution in [0.25, 0.3) is 0 Å². The number of hydrogen-bond donors (Lipinski definition) is 1. The molecule has 0 aliphatic carbocycles. The molecule has 1 heterocycles. The fourth-order valence-electron chi connectivity index (χ4n) is 2.01. The van der Waals surface area contributed by atoms with Gasteiger partial charge in [0.05, 0.1) is 0 Å². The van der Waals surface area contributed by atoms with Gasteiger partial charge in [0.25, 0.3) is 0 Å². The van der Waals surface area contributed by atoms with E-state index in [1.165, 1.54) is 5.75 Å². The van der Waals surface area contributed by atoms with Crippen molar-refractivity contribution in [3.05, 3.63) is 0 Å². The van der Waals surface area contributed by atoms with E-state index < -0.39 is 0 Å². The summed E-state index contributed by atoms with van der Waals surface area (Å²) in [4.78, 5) is 13.9. The quantitative estimate of drug-likeness (QED) is 0.774. The molecule has 3 nitrogen and oxygen atoms in total. The first-order valence-electron chi connectivity index (χ1n) is 6.18. The van der Waals surface area contributed by atoms with Crippen LogP contribution in [0.15, 0.2) is 0 Å². The van der Waals surface area contributed by atoms with Gasteiger partial charge in [0, 0.05) is 25.3 Å². The second kappa shape index (κ2) is 7.17. The maximum absolute atomic E-state index is 11.9. The summed E-state index contributed by atoms with van der Waals surface area (Å²) in [6, 6.07) is 0.474. The third-order valence-corrected chi connectivity index (χ3v) is 4.50. The van der Waals surface area contributed by atoms with Crippen molar-refractivity contribution in [2.24, 2.45) is 11.7 Å². The Morgan fingerprint density at radius 3 is 2.88 bits per heavy atom. The van der Waals surface area contributed by atoms with Crippen LogP contribution in [0, 0.1) is 5.92 Å². The fraction of sp³-hybridized carbons (Fsp3) is 0.917. The minimum Gasteiger partial charge on any atom is -0.342 e. The topological polar surface area (TPSA) is 46.3 Å². The summed E-state index contributed by atoms with van der Waals surface area (Å²) in [5, 5.41) is 0. The van der Waals surface area contributed by atoms with Gasteiger partial charge in [-0.3, -0.25) is 4.79 Å². The average Bonchev–Trinajstić information content (AvgIpc) is 2.78. The molecule has 2 unspecified atom stereocenters. The van der Waals surface area contributed by atoms with Crippen LogP contribution in [0.4, 0.5) is 0 Å². The molecule has 4 heteroatoms. The molecule has 2 atom stereocenters. The van der Waals surface area contributed by atoms with E-state index >= 15 is 0 Å². The van der Waals surface area contributed by atoms with Gasteiger partial charge in [-0.05, 0) is 37.5 Å². The molecule has 0 aromatic carbocycles. The highest BCUT2D eigenvalue weighted by Gasteiger charge is 2.23. The standard InChI is InChI=1S/C12H24N2OS/c1-10(5-7-13)3-4-12(15)14(2)11-6-8-16-9-11/h10-11H,3-9,13H2,1-2H3. The lowest BCUT2D eigenvalue weighted by atomic mass is 10.0. The first-order valence-corrected chi connectivity index (χ1v) is 7.34. The molecule has 0 aromatic rings. The number of carbonyl (C=O) groups excluding carboxylic acids is 1. The van der Waals surface area contributed by atoms with Crippen molar-refractivity contribution in [3.8, 4) is 0 Å².